The first kappa shape index (κ1) is 12.9. The summed E-state index contributed by atoms with van der Waals surface area (Å²) >= 11 is 0. The fourth-order valence-corrected chi connectivity index (χ4v) is 2.13. The quantitative estimate of drug-likeness (QED) is 0.489. The highest BCUT2D eigenvalue weighted by Gasteiger charge is 2.07. The first-order valence-electron chi connectivity index (χ1n) is 5.35. The predicted octanol–water partition coefficient (Wildman–Crippen LogP) is 2.74. The van der Waals surface area contributed by atoms with Gasteiger partial charge < -0.3 is 0 Å². The molecule has 1 unspecified atom stereocenters. The Morgan fingerprint density at radius 3 is 2.08 bits per heavy atom. The predicted molar refractivity (Wildman–Crippen MR) is 57.8 cm³/mol. The van der Waals surface area contributed by atoms with Crippen LogP contribution in [0, 0.1) is 0 Å². The molecule has 13 heavy (non-hydrogen) atoms. The maximum absolute atomic E-state index is 10.7. The van der Waals surface area contributed by atoms with Crippen molar-refractivity contribution in [3.05, 3.63) is 0 Å². The number of hydrogen-bond donors (Lipinski definition) is 1. The minimum absolute atomic E-state index is 0.0726. The van der Waals surface area contributed by atoms with Gasteiger partial charge >= 0.3 is 0 Å². The van der Waals surface area contributed by atoms with E-state index in [0.29, 0.717) is 0 Å². The summed E-state index contributed by atoms with van der Waals surface area (Å²) in [6, 6.07) is 0. The number of thiol groups is 1. The van der Waals surface area contributed by atoms with Gasteiger partial charge in [-0.2, -0.15) is 0 Å². The molecule has 0 heterocycles. The normalized spacial score (nSPS) is 13.5. The average molecular weight is 206 g/mol. The molecule has 0 radical (unpaired) electrons. The molecular weight excluding hydrogens is 184 g/mol. The summed E-state index contributed by atoms with van der Waals surface area (Å²) in [7, 11) is -2.19. The van der Waals surface area contributed by atoms with Crippen LogP contribution in [-0.4, -0.2) is 13.7 Å². The molecule has 0 fully saturated rings. The van der Waals surface area contributed by atoms with Gasteiger partial charge in [0.25, 0.3) is 0 Å². The molecule has 0 aliphatic heterocycles. The molecule has 0 N–H and O–H groups in total. The standard InChI is InChI=1S/C10H22O2S/c1-3-5-6-7-8-9-10(4-2)13(11)12/h10,13H,3-9H2,1-2H3. The van der Waals surface area contributed by atoms with Gasteiger partial charge in [-0.15, -0.1) is 0 Å². The van der Waals surface area contributed by atoms with Crippen molar-refractivity contribution in [3.8, 4) is 0 Å². The van der Waals surface area contributed by atoms with Crippen LogP contribution in [0.4, 0.5) is 0 Å². The molecule has 0 saturated heterocycles. The molecular formula is C10H22O2S. The molecule has 0 aromatic rings. The third kappa shape index (κ3) is 7.05. The van der Waals surface area contributed by atoms with E-state index in [2.05, 4.69) is 6.92 Å². The molecule has 3 heteroatoms. The molecule has 0 aliphatic rings. The van der Waals surface area contributed by atoms with Gasteiger partial charge in [-0.1, -0.05) is 46.0 Å². The maximum Gasteiger partial charge on any atom is 0.142 e. The fraction of sp³-hybridized carbons (Fsp3) is 1.00. The zero-order valence-electron chi connectivity index (χ0n) is 8.79. The largest absolute Gasteiger partial charge is 0.232 e. The second kappa shape index (κ2) is 8.54. The molecule has 0 saturated carbocycles. The first-order valence-corrected chi connectivity index (χ1v) is 6.60. The van der Waals surface area contributed by atoms with Crippen LogP contribution < -0.4 is 0 Å². The third-order valence-electron chi connectivity index (χ3n) is 2.41. The van der Waals surface area contributed by atoms with Crippen LogP contribution >= 0.6 is 0 Å². The molecule has 2 nitrogen and oxygen atoms in total. The Hall–Kier alpha value is -0.0500. The van der Waals surface area contributed by atoms with Crippen LogP contribution in [-0.2, 0) is 10.7 Å². The van der Waals surface area contributed by atoms with Crippen molar-refractivity contribution in [1.29, 1.82) is 0 Å². The summed E-state index contributed by atoms with van der Waals surface area (Å²) in [5, 5.41) is -0.0726. The average Bonchev–Trinajstić information content (AvgIpc) is 2.10. The lowest BCUT2D eigenvalue weighted by molar-refractivity contribution is 0.557. The lowest BCUT2D eigenvalue weighted by Gasteiger charge is -2.06. The molecule has 0 amide bonds. The number of unbranched alkanes of at least 4 members (excludes halogenated alkanes) is 4. The highest BCUT2D eigenvalue weighted by molar-refractivity contribution is 7.73. The van der Waals surface area contributed by atoms with Gasteiger partial charge in [-0.3, -0.25) is 0 Å². The molecule has 0 aromatic carbocycles. The van der Waals surface area contributed by atoms with Crippen molar-refractivity contribution >= 4 is 10.7 Å². The van der Waals surface area contributed by atoms with Crippen molar-refractivity contribution in [3.63, 3.8) is 0 Å². The van der Waals surface area contributed by atoms with E-state index in [1.807, 2.05) is 6.92 Å². The zero-order valence-corrected chi connectivity index (χ0v) is 9.69. The smallest absolute Gasteiger partial charge is 0.142 e. The Morgan fingerprint density at radius 1 is 1.00 bits per heavy atom. The summed E-state index contributed by atoms with van der Waals surface area (Å²) in [4.78, 5) is 0. The Morgan fingerprint density at radius 2 is 1.62 bits per heavy atom. The van der Waals surface area contributed by atoms with Crippen molar-refractivity contribution in [2.75, 3.05) is 0 Å². The summed E-state index contributed by atoms with van der Waals surface area (Å²) in [6.07, 6.45) is 7.66. The minimum Gasteiger partial charge on any atom is -0.232 e. The van der Waals surface area contributed by atoms with Crippen LogP contribution in [0.25, 0.3) is 0 Å². The second-order valence-corrected chi connectivity index (χ2v) is 4.85. The molecule has 0 rings (SSSR count). The zero-order chi connectivity index (χ0) is 10.1. The van der Waals surface area contributed by atoms with Gasteiger partial charge in [0.15, 0.2) is 0 Å². The first-order chi connectivity index (χ1) is 6.22. The van der Waals surface area contributed by atoms with Crippen LogP contribution in [0.5, 0.6) is 0 Å². The van der Waals surface area contributed by atoms with Crippen LogP contribution in [0.15, 0.2) is 0 Å². The van der Waals surface area contributed by atoms with Crippen molar-refractivity contribution in [1.82, 2.24) is 0 Å². The summed E-state index contributed by atoms with van der Waals surface area (Å²) in [5.41, 5.74) is 0. The third-order valence-corrected chi connectivity index (χ3v) is 3.63. The van der Waals surface area contributed by atoms with E-state index in [1.54, 1.807) is 0 Å². The summed E-state index contributed by atoms with van der Waals surface area (Å²) in [5.74, 6) is 0. The Kier molecular flexibility index (Phi) is 8.51. The minimum atomic E-state index is -2.19. The molecule has 0 aliphatic carbocycles. The Labute approximate surface area is 83.7 Å². The Balaban J connectivity index is 3.39. The van der Waals surface area contributed by atoms with E-state index in [4.69, 9.17) is 0 Å². The van der Waals surface area contributed by atoms with Crippen LogP contribution in [0.1, 0.15) is 58.8 Å². The van der Waals surface area contributed by atoms with Crippen molar-refractivity contribution in [2.24, 2.45) is 0 Å². The maximum atomic E-state index is 10.7. The van der Waals surface area contributed by atoms with E-state index in [0.717, 1.165) is 19.3 Å². The monoisotopic (exact) mass is 206 g/mol. The van der Waals surface area contributed by atoms with E-state index >= 15 is 0 Å². The number of hydrogen-bond acceptors (Lipinski definition) is 2. The van der Waals surface area contributed by atoms with E-state index < -0.39 is 10.7 Å². The topological polar surface area (TPSA) is 34.1 Å². The lowest BCUT2D eigenvalue weighted by Crippen LogP contribution is -2.07. The summed E-state index contributed by atoms with van der Waals surface area (Å²) in [6.45, 7) is 4.13. The highest BCUT2D eigenvalue weighted by Crippen LogP contribution is 2.10. The van der Waals surface area contributed by atoms with Gasteiger partial charge in [0.1, 0.15) is 10.7 Å². The van der Waals surface area contributed by atoms with E-state index in [9.17, 15) is 8.42 Å². The molecule has 0 spiro atoms. The molecule has 0 aromatic heterocycles. The highest BCUT2D eigenvalue weighted by atomic mass is 32.2. The van der Waals surface area contributed by atoms with Gasteiger partial charge in [0.05, 0.1) is 5.25 Å². The van der Waals surface area contributed by atoms with Gasteiger partial charge in [-0.05, 0) is 12.8 Å². The molecule has 0 bridgehead atoms. The van der Waals surface area contributed by atoms with Gasteiger partial charge in [0, 0.05) is 0 Å². The second-order valence-electron chi connectivity index (χ2n) is 3.55. The Bertz CT molecular complexity index is 168. The fourth-order valence-electron chi connectivity index (χ4n) is 1.44. The van der Waals surface area contributed by atoms with E-state index in [-0.39, 0.29) is 5.25 Å². The SMILES string of the molecule is CCCCCCCC(CC)[SH](=O)=O. The van der Waals surface area contributed by atoms with Crippen LogP contribution in [0.3, 0.4) is 0 Å². The summed E-state index contributed by atoms with van der Waals surface area (Å²) < 4.78 is 21.4. The lowest BCUT2D eigenvalue weighted by atomic mass is 10.1. The van der Waals surface area contributed by atoms with E-state index in [1.165, 1.54) is 25.7 Å². The van der Waals surface area contributed by atoms with Gasteiger partial charge in [0.2, 0.25) is 0 Å². The van der Waals surface area contributed by atoms with Gasteiger partial charge in [-0.25, -0.2) is 8.42 Å². The number of rotatable bonds is 8. The molecule has 80 valence electrons. The van der Waals surface area contributed by atoms with Crippen molar-refractivity contribution < 1.29 is 8.42 Å². The molecule has 1 atom stereocenters. The van der Waals surface area contributed by atoms with Crippen molar-refractivity contribution in [2.45, 2.75) is 64.0 Å². The van der Waals surface area contributed by atoms with Crippen LogP contribution in [0.2, 0.25) is 0 Å².